The Morgan fingerprint density at radius 1 is 1.22 bits per heavy atom. The van der Waals surface area contributed by atoms with E-state index in [1.54, 1.807) is 6.92 Å². The quantitative estimate of drug-likeness (QED) is 0.453. The third-order valence-corrected chi connectivity index (χ3v) is 4.91. The van der Waals surface area contributed by atoms with Crippen molar-refractivity contribution in [2.24, 2.45) is 5.92 Å². The molecule has 2 aromatic rings. The second-order valence-corrected chi connectivity index (χ2v) is 7.62. The molecule has 0 aliphatic carbocycles. The van der Waals surface area contributed by atoms with Crippen LogP contribution < -0.4 is 5.73 Å². The third-order valence-electron chi connectivity index (χ3n) is 4.91. The summed E-state index contributed by atoms with van der Waals surface area (Å²) in [5, 5.41) is 12.5. The van der Waals surface area contributed by atoms with Crippen LogP contribution in [0.5, 0.6) is 0 Å². The number of aromatic nitrogens is 1. The number of aldehydes is 1. The van der Waals surface area contributed by atoms with Gasteiger partial charge >= 0.3 is 6.18 Å². The topological polar surface area (TPSA) is 92.9 Å². The Morgan fingerprint density at radius 2 is 1.84 bits per heavy atom. The number of nitriles is 1. The molecule has 2 N–H and O–H groups in total. The number of hydrogen-bond acceptors (Lipinski definition) is 5. The molecular formula is C24H34F3N3O2. The highest BCUT2D eigenvalue weighted by Crippen LogP contribution is 2.32. The van der Waals surface area contributed by atoms with E-state index in [0.29, 0.717) is 17.4 Å². The van der Waals surface area contributed by atoms with E-state index in [0.717, 1.165) is 24.0 Å². The van der Waals surface area contributed by atoms with Crippen molar-refractivity contribution in [1.82, 2.24) is 5.16 Å². The maximum atomic E-state index is 12.2. The zero-order valence-corrected chi connectivity index (χ0v) is 19.5. The van der Waals surface area contributed by atoms with E-state index >= 15 is 0 Å². The Morgan fingerprint density at radius 3 is 2.28 bits per heavy atom. The molecule has 178 valence electrons. The van der Waals surface area contributed by atoms with Gasteiger partial charge in [-0.25, -0.2) is 0 Å². The number of nitrogen functional groups attached to an aromatic ring is 1. The van der Waals surface area contributed by atoms with E-state index in [9.17, 15) is 13.2 Å². The molecule has 8 heteroatoms. The molecule has 2 atom stereocenters. The Kier molecular flexibility index (Phi) is 13.7. The lowest BCUT2D eigenvalue weighted by molar-refractivity contribution is -0.137. The second-order valence-electron chi connectivity index (χ2n) is 7.62. The monoisotopic (exact) mass is 453 g/mol. The Hall–Kier alpha value is -2.82. The summed E-state index contributed by atoms with van der Waals surface area (Å²) >= 11 is 0. The summed E-state index contributed by atoms with van der Waals surface area (Å²) < 4.78 is 41.6. The van der Waals surface area contributed by atoms with Gasteiger partial charge in [0.25, 0.3) is 0 Å². The fraction of sp³-hybridized carbons (Fsp3) is 0.542. The van der Waals surface area contributed by atoms with Crippen molar-refractivity contribution in [3.63, 3.8) is 0 Å². The molecular weight excluding hydrogens is 419 g/mol. The van der Waals surface area contributed by atoms with Crippen molar-refractivity contribution in [3.05, 3.63) is 46.6 Å². The standard InChI is InChI=1S/C13H24N2O.C9H6F3N.C2H4O/c1-4-6-11(8-7-10(3)5-2)12-9-13(14)16-15-12;1-6-2-3-8(9(10,11)12)7(4-6)5-13;1-2-3/h9-11H,4-8,14H2,1-3H3;2-4H,1H3;2H,1H3. The fourth-order valence-electron chi connectivity index (χ4n) is 2.97. The summed E-state index contributed by atoms with van der Waals surface area (Å²) in [4.78, 5) is 8.81. The molecule has 0 radical (unpaired) electrons. The molecule has 2 unspecified atom stereocenters. The maximum absolute atomic E-state index is 12.2. The van der Waals surface area contributed by atoms with Crippen molar-refractivity contribution in [2.75, 3.05) is 5.73 Å². The molecule has 0 spiro atoms. The van der Waals surface area contributed by atoms with Crippen LogP contribution in [-0.4, -0.2) is 11.4 Å². The number of hydrogen-bond donors (Lipinski definition) is 1. The van der Waals surface area contributed by atoms with Crippen molar-refractivity contribution >= 4 is 12.2 Å². The van der Waals surface area contributed by atoms with Gasteiger partial charge in [-0.3, -0.25) is 0 Å². The second kappa shape index (κ2) is 15.1. The lowest BCUT2D eigenvalue weighted by Crippen LogP contribution is -2.07. The SMILES string of the molecule is CC=O.CCCC(CCC(C)CC)c1cc(N)on1.Cc1ccc(C(F)(F)F)c(C#N)c1. The lowest BCUT2D eigenvalue weighted by Gasteiger charge is -2.15. The van der Waals surface area contributed by atoms with E-state index < -0.39 is 11.7 Å². The number of aryl methyl sites for hydroxylation is 1. The molecule has 0 aliphatic heterocycles. The van der Waals surface area contributed by atoms with Gasteiger partial charge in [-0.1, -0.05) is 51.3 Å². The van der Waals surface area contributed by atoms with E-state index in [1.165, 1.54) is 57.2 Å². The minimum absolute atomic E-state index is 0.326. The summed E-state index contributed by atoms with van der Waals surface area (Å²) in [6.45, 7) is 9.84. The molecule has 0 bridgehead atoms. The molecule has 0 saturated carbocycles. The van der Waals surface area contributed by atoms with Crippen LogP contribution in [0.15, 0.2) is 28.8 Å². The number of carbonyl (C=O) groups excluding carboxylic acids is 1. The van der Waals surface area contributed by atoms with Gasteiger partial charge in [-0.05, 0) is 50.3 Å². The van der Waals surface area contributed by atoms with Crippen LogP contribution in [0.4, 0.5) is 19.1 Å². The summed E-state index contributed by atoms with van der Waals surface area (Å²) in [6, 6.07) is 6.88. The molecule has 5 nitrogen and oxygen atoms in total. The van der Waals surface area contributed by atoms with Crippen LogP contribution in [0.25, 0.3) is 0 Å². The minimum atomic E-state index is -4.45. The van der Waals surface area contributed by atoms with Gasteiger partial charge in [0.2, 0.25) is 5.88 Å². The van der Waals surface area contributed by atoms with Crippen molar-refractivity contribution in [2.45, 2.75) is 78.8 Å². The van der Waals surface area contributed by atoms with Crippen molar-refractivity contribution in [1.29, 1.82) is 5.26 Å². The summed E-state index contributed by atoms with van der Waals surface area (Å²) in [7, 11) is 0. The molecule has 32 heavy (non-hydrogen) atoms. The molecule has 0 amide bonds. The van der Waals surface area contributed by atoms with Crippen LogP contribution in [-0.2, 0) is 11.0 Å². The van der Waals surface area contributed by atoms with Crippen LogP contribution in [0.1, 0.15) is 88.1 Å². The van der Waals surface area contributed by atoms with E-state index in [2.05, 4.69) is 25.9 Å². The highest BCUT2D eigenvalue weighted by atomic mass is 19.4. The van der Waals surface area contributed by atoms with Gasteiger partial charge < -0.3 is 15.1 Å². The van der Waals surface area contributed by atoms with Crippen LogP contribution >= 0.6 is 0 Å². The van der Waals surface area contributed by atoms with Crippen LogP contribution in [0.2, 0.25) is 0 Å². The molecule has 2 rings (SSSR count). The van der Waals surface area contributed by atoms with Gasteiger partial charge in [0, 0.05) is 12.0 Å². The van der Waals surface area contributed by atoms with Crippen molar-refractivity contribution in [3.8, 4) is 6.07 Å². The minimum Gasteiger partial charge on any atom is -0.368 e. The number of halogens is 3. The predicted octanol–water partition coefficient (Wildman–Crippen LogP) is 7.06. The van der Waals surface area contributed by atoms with E-state index in [4.69, 9.17) is 20.3 Å². The average Bonchev–Trinajstić information content (AvgIpc) is 3.17. The number of rotatable bonds is 7. The molecule has 0 fully saturated rings. The number of nitrogens with two attached hydrogens (primary N) is 1. The van der Waals surface area contributed by atoms with Gasteiger partial charge in [-0.15, -0.1) is 0 Å². The Balaban J connectivity index is 0.000000543. The highest BCUT2D eigenvalue weighted by molar-refractivity contribution is 5.44. The number of anilines is 1. The van der Waals surface area contributed by atoms with Crippen LogP contribution in [0.3, 0.4) is 0 Å². The zero-order chi connectivity index (χ0) is 24.7. The van der Waals surface area contributed by atoms with Gasteiger partial charge in [0.1, 0.15) is 6.29 Å². The van der Waals surface area contributed by atoms with Gasteiger partial charge in [0.05, 0.1) is 22.9 Å². The Labute approximate surface area is 188 Å². The van der Waals surface area contributed by atoms with Gasteiger partial charge in [0.15, 0.2) is 0 Å². The first-order chi connectivity index (χ1) is 15.0. The summed E-state index contributed by atoms with van der Waals surface area (Å²) in [5.41, 5.74) is 6.04. The normalized spacial score (nSPS) is 12.3. The fourth-order valence-corrected chi connectivity index (χ4v) is 2.97. The van der Waals surface area contributed by atoms with E-state index in [-0.39, 0.29) is 5.56 Å². The highest BCUT2D eigenvalue weighted by Gasteiger charge is 2.33. The van der Waals surface area contributed by atoms with E-state index in [1.807, 2.05) is 6.07 Å². The summed E-state index contributed by atoms with van der Waals surface area (Å²) in [6.07, 6.45) is 2.35. The molecule has 1 heterocycles. The molecule has 0 saturated heterocycles. The third kappa shape index (κ3) is 11.0. The number of carbonyl (C=O) groups is 1. The zero-order valence-electron chi connectivity index (χ0n) is 19.5. The first kappa shape index (κ1) is 29.2. The van der Waals surface area contributed by atoms with Crippen LogP contribution in [0, 0.1) is 24.2 Å². The first-order valence-electron chi connectivity index (χ1n) is 10.7. The lowest BCUT2D eigenvalue weighted by atomic mass is 9.90. The summed E-state index contributed by atoms with van der Waals surface area (Å²) in [5.74, 6) is 1.74. The molecule has 0 aliphatic rings. The maximum Gasteiger partial charge on any atom is 0.417 e. The van der Waals surface area contributed by atoms with Gasteiger partial charge in [-0.2, -0.15) is 18.4 Å². The molecule has 1 aromatic carbocycles. The Bertz CT molecular complexity index is 842. The average molecular weight is 454 g/mol. The predicted molar refractivity (Wildman–Crippen MR) is 120 cm³/mol. The van der Waals surface area contributed by atoms with Crippen molar-refractivity contribution < 1.29 is 22.5 Å². The smallest absolute Gasteiger partial charge is 0.368 e. The largest absolute Gasteiger partial charge is 0.417 e. The number of nitrogens with zero attached hydrogens (tertiary/aromatic N) is 2. The number of alkyl halides is 3. The number of benzene rings is 1. The first-order valence-corrected chi connectivity index (χ1v) is 10.7. The molecule has 1 aromatic heterocycles.